The molecule has 0 aliphatic heterocycles. The lowest BCUT2D eigenvalue weighted by atomic mass is 9.91. The van der Waals surface area contributed by atoms with Gasteiger partial charge in [0.25, 0.3) is 0 Å². The standard InChI is InChI=1S/C14H13F3O2/c1-2-10-18-13(8-3-9-13)19-12-6-4-11(5-7-12)14(15,16)17/h1,4-7H,3,8-10H2. The van der Waals surface area contributed by atoms with Gasteiger partial charge in [-0.2, -0.15) is 13.2 Å². The Morgan fingerprint density at radius 2 is 1.84 bits per heavy atom. The fourth-order valence-electron chi connectivity index (χ4n) is 1.84. The fraction of sp³-hybridized carbons (Fsp3) is 0.429. The third kappa shape index (κ3) is 3.21. The van der Waals surface area contributed by atoms with Crippen molar-refractivity contribution in [3.8, 4) is 18.1 Å². The summed E-state index contributed by atoms with van der Waals surface area (Å²) in [4.78, 5) is 0. The van der Waals surface area contributed by atoms with Crippen LogP contribution in [0.4, 0.5) is 13.2 Å². The Balaban J connectivity index is 2.05. The molecule has 0 unspecified atom stereocenters. The number of hydrogen-bond acceptors (Lipinski definition) is 2. The van der Waals surface area contributed by atoms with Crippen LogP contribution in [0, 0.1) is 12.3 Å². The van der Waals surface area contributed by atoms with Gasteiger partial charge in [-0.3, -0.25) is 0 Å². The number of rotatable bonds is 4. The SMILES string of the molecule is C#CCOC1(Oc2ccc(C(F)(F)F)cc2)CCC1. The van der Waals surface area contributed by atoms with Gasteiger partial charge in [-0.05, 0) is 30.7 Å². The molecular formula is C14H13F3O2. The first-order valence-corrected chi connectivity index (χ1v) is 5.89. The van der Waals surface area contributed by atoms with Crippen molar-refractivity contribution in [2.24, 2.45) is 0 Å². The van der Waals surface area contributed by atoms with Crippen molar-refractivity contribution in [3.05, 3.63) is 29.8 Å². The number of ether oxygens (including phenoxy) is 2. The van der Waals surface area contributed by atoms with Crippen LogP contribution in [0.25, 0.3) is 0 Å². The van der Waals surface area contributed by atoms with E-state index in [2.05, 4.69) is 5.92 Å². The Hall–Kier alpha value is -1.67. The van der Waals surface area contributed by atoms with Gasteiger partial charge in [-0.15, -0.1) is 6.42 Å². The second kappa shape index (κ2) is 5.14. The first kappa shape index (κ1) is 13.8. The molecule has 0 atom stereocenters. The van der Waals surface area contributed by atoms with Crippen LogP contribution in [0.15, 0.2) is 24.3 Å². The van der Waals surface area contributed by atoms with Crippen LogP contribution < -0.4 is 4.74 Å². The maximum atomic E-state index is 12.4. The van der Waals surface area contributed by atoms with Gasteiger partial charge in [0.15, 0.2) is 0 Å². The molecule has 5 heteroatoms. The molecule has 0 spiro atoms. The third-order valence-electron chi connectivity index (χ3n) is 3.02. The van der Waals surface area contributed by atoms with Crippen LogP contribution in [0.5, 0.6) is 5.75 Å². The Morgan fingerprint density at radius 1 is 1.21 bits per heavy atom. The van der Waals surface area contributed by atoms with Crippen LogP contribution in [0.2, 0.25) is 0 Å². The molecule has 102 valence electrons. The van der Waals surface area contributed by atoms with E-state index in [-0.39, 0.29) is 6.61 Å². The summed E-state index contributed by atoms with van der Waals surface area (Å²) >= 11 is 0. The summed E-state index contributed by atoms with van der Waals surface area (Å²) in [6.45, 7) is 0.126. The smallest absolute Gasteiger partial charge is 0.416 e. The van der Waals surface area contributed by atoms with Gasteiger partial charge in [0.05, 0.1) is 5.56 Å². The minimum absolute atomic E-state index is 0.126. The van der Waals surface area contributed by atoms with Gasteiger partial charge in [0, 0.05) is 12.8 Å². The molecule has 1 aliphatic carbocycles. The highest BCUT2D eigenvalue weighted by molar-refractivity contribution is 5.29. The van der Waals surface area contributed by atoms with Crippen molar-refractivity contribution in [2.45, 2.75) is 31.2 Å². The molecule has 1 aromatic rings. The Bertz CT molecular complexity index is 467. The Morgan fingerprint density at radius 3 is 2.26 bits per heavy atom. The second-order valence-corrected chi connectivity index (χ2v) is 4.38. The van der Waals surface area contributed by atoms with Gasteiger partial charge in [0.2, 0.25) is 5.79 Å². The maximum Gasteiger partial charge on any atom is 0.416 e. The van der Waals surface area contributed by atoms with Gasteiger partial charge in [-0.25, -0.2) is 0 Å². The quantitative estimate of drug-likeness (QED) is 0.614. The van der Waals surface area contributed by atoms with Crippen molar-refractivity contribution >= 4 is 0 Å². The summed E-state index contributed by atoms with van der Waals surface area (Å²) in [7, 11) is 0. The zero-order valence-corrected chi connectivity index (χ0v) is 10.2. The fourth-order valence-corrected chi connectivity index (χ4v) is 1.84. The van der Waals surface area contributed by atoms with E-state index in [4.69, 9.17) is 15.9 Å². The molecule has 0 saturated heterocycles. The van der Waals surface area contributed by atoms with Crippen LogP contribution in [0.1, 0.15) is 24.8 Å². The Labute approximate surface area is 109 Å². The number of benzene rings is 1. The molecule has 19 heavy (non-hydrogen) atoms. The number of hydrogen-bond donors (Lipinski definition) is 0. The lowest BCUT2D eigenvalue weighted by molar-refractivity contribution is -0.220. The van der Waals surface area contributed by atoms with Crippen LogP contribution in [0.3, 0.4) is 0 Å². The van der Waals surface area contributed by atoms with Crippen LogP contribution in [-0.2, 0) is 10.9 Å². The minimum Gasteiger partial charge on any atom is -0.462 e. The average molecular weight is 270 g/mol. The molecule has 2 nitrogen and oxygen atoms in total. The summed E-state index contributed by atoms with van der Waals surface area (Å²) < 4.78 is 48.3. The maximum absolute atomic E-state index is 12.4. The van der Waals surface area contributed by atoms with Gasteiger partial charge in [-0.1, -0.05) is 5.92 Å². The molecule has 0 radical (unpaired) electrons. The second-order valence-electron chi connectivity index (χ2n) is 4.38. The first-order chi connectivity index (χ1) is 8.95. The van der Waals surface area contributed by atoms with Gasteiger partial charge < -0.3 is 9.47 Å². The average Bonchev–Trinajstić information content (AvgIpc) is 2.32. The molecule has 0 heterocycles. The highest BCUT2D eigenvalue weighted by atomic mass is 19.4. The van der Waals surface area contributed by atoms with Gasteiger partial charge in [0.1, 0.15) is 12.4 Å². The highest BCUT2D eigenvalue weighted by Crippen LogP contribution is 2.38. The molecule has 2 rings (SSSR count). The summed E-state index contributed by atoms with van der Waals surface area (Å²) in [5.41, 5.74) is -0.702. The monoisotopic (exact) mass is 270 g/mol. The summed E-state index contributed by atoms with van der Waals surface area (Å²) in [5, 5.41) is 0. The largest absolute Gasteiger partial charge is 0.462 e. The van der Waals surface area contributed by atoms with E-state index in [1.165, 1.54) is 12.1 Å². The van der Waals surface area contributed by atoms with E-state index in [0.717, 1.165) is 18.6 Å². The van der Waals surface area contributed by atoms with E-state index >= 15 is 0 Å². The molecular weight excluding hydrogens is 257 g/mol. The predicted octanol–water partition coefficient (Wildman–Crippen LogP) is 3.61. The lowest BCUT2D eigenvalue weighted by Gasteiger charge is -2.40. The first-order valence-electron chi connectivity index (χ1n) is 5.89. The normalized spacial score (nSPS) is 17.4. The Kier molecular flexibility index (Phi) is 3.72. The van der Waals surface area contributed by atoms with Crippen molar-refractivity contribution in [1.82, 2.24) is 0 Å². The zero-order chi connectivity index (χ0) is 13.9. The van der Waals surface area contributed by atoms with Crippen molar-refractivity contribution < 1.29 is 22.6 Å². The summed E-state index contributed by atoms with van der Waals surface area (Å²) in [6, 6.07) is 4.57. The third-order valence-corrected chi connectivity index (χ3v) is 3.02. The minimum atomic E-state index is -4.34. The molecule has 1 saturated carbocycles. The number of terminal acetylenes is 1. The van der Waals surface area contributed by atoms with Gasteiger partial charge >= 0.3 is 6.18 Å². The van der Waals surface area contributed by atoms with Crippen molar-refractivity contribution in [3.63, 3.8) is 0 Å². The number of alkyl halides is 3. The molecule has 0 bridgehead atoms. The van der Waals surface area contributed by atoms with Crippen LogP contribution >= 0.6 is 0 Å². The molecule has 1 aromatic carbocycles. The predicted molar refractivity (Wildman–Crippen MR) is 63.4 cm³/mol. The van der Waals surface area contributed by atoms with E-state index in [9.17, 15) is 13.2 Å². The highest BCUT2D eigenvalue weighted by Gasteiger charge is 2.40. The van der Waals surface area contributed by atoms with Crippen molar-refractivity contribution in [1.29, 1.82) is 0 Å². The van der Waals surface area contributed by atoms with E-state index in [0.29, 0.717) is 18.6 Å². The summed E-state index contributed by atoms with van der Waals surface area (Å²) in [5.74, 6) is 1.94. The van der Waals surface area contributed by atoms with E-state index in [1.807, 2.05) is 0 Å². The lowest BCUT2D eigenvalue weighted by Crippen LogP contribution is -2.46. The molecule has 1 aliphatic rings. The van der Waals surface area contributed by atoms with Crippen molar-refractivity contribution in [2.75, 3.05) is 6.61 Å². The van der Waals surface area contributed by atoms with Crippen LogP contribution in [-0.4, -0.2) is 12.4 Å². The summed E-state index contributed by atoms with van der Waals surface area (Å²) in [6.07, 6.45) is 3.11. The molecule has 1 fully saturated rings. The zero-order valence-electron chi connectivity index (χ0n) is 10.2. The van der Waals surface area contributed by atoms with E-state index < -0.39 is 17.5 Å². The molecule has 0 amide bonds. The topological polar surface area (TPSA) is 18.5 Å². The molecule has 0 N–H and O–H groups in total. The number of halogens is 3. The molecule has 0 aromatic heterocycles. The van der Waals surface area contributed by atoms with E-state index in [1.54, 1.807) is 0 Å².